The summed E-state index contributed by atoms with van der Waals surface area (Å²) in [6.45, 7) is 4.30. The van der Waals surface area contributed by atoms with E-state index in [1.54, 1.807) is 12.1 Å². The summed E-state index contributed by atoms with van der Waals surface area (Å²) in [5, 5.41) is 20.4. The molecule has 0 aromatic heterocycles. The van der Waals surface area contributed by atoms with Crippen LogP contribution in [0.3, 0.4) is 0 Å². The van der Waals surface area contributed by atoms with Crippen LogP contribution in [0.5, 0.6) is 0 Å². The Morgan fingerprint density at radius 2 is 1.81 bits per heavy atom. The van der Waals surface area contributed by atoms with Crippen molar-refractivity contribution in [3.05, 3.63) is 35.4 Å². The topological polar surface area (TPSA) is 86.6 Å². The van der Waals surface area contributed by atoms with Crippen molar-refractivity contribution in [1.29, 1.82) is 0 Å². The predicted octanol–water partition coefficient (Wildman–Crippen LogP) is 1.49. The van der Waals surface area contributed by atoms with E-state index in [0.717, 1.165) is 12.0 Å². The number of aliphatic hydroxyl groups excluding tert-OH is 1. The minimum atomic E-state index is -1.05. The van der Waals surface area contributed by atoms with Crippen LogP contribution in [-0.2, 0) is 11.2 Å². The average Bonchev–Trinajstić information content (AvgIpc) is 2.42. The van der Waals surface area contributed by atoms with Crippen LogP contribution in [0.4, 0.5) is 0 Å². The molecule has 0 radical (unpaired) electrons. The van der Waals surface area contributed by atoms with Gasteiger partial charge in [-0.3, -0.25) is 9.59 Å². The van der Waals surface area contributed by atoms with Crippen LogP contribution in [0.15, 0.2) is 24.3 Å². The molecule has 0 spiro atoms. The van der Waals surface area contributed by atoms with Gasteiger partial charge < -0.3 is 15.5 Å². The number of rotatable bonds is 9. The summed E-state index contributed by atoms with van der Waals surface area (Å²) in [6.07, 6.45) is 0.641. The van der Waals surface area contributed by atoms with Crippen LogP contribution < -0.4 is 5.32 Å². The third-order valence-corrected chi connectivity index (χ3v) is 3.08. The second-order valence-corrected chi connectivity index (χ2v) is 5.49. The maximum atomic E-state index is 12.3. The number of hydrogen-bond acceptors (Lipinski definition) is 4. The summed E-state index contributed by atoms with van der Waals surface area (Å²) in [5.74, 6) is -0.769. The maximum Gasteiger partial charge on any atom is 0.305 e. The Kier molecular flexibility index (Phi) is 7.05. The smallest absolute Gasteiger partial charge is 0.305 e. The van der Waals surface area contributed by atoms with Crippen LogP contribution >= 0.6 is 0 Å². The first kappa shape index (κ1) is 17.3. The standard InChI is InChI=1S/C16H23NO4/c1-11(2)9-12-3-5-13(6-4-12)16(21)14(10-15(19)20)17-7-8-18/h3-6,11,14,17-18H,7-10H2,1-2H3,(H,19,20). The number of carboxylic acids is 1. The quantitative estimate of drug-likeness (QED) is 0.601. The Hall–Kier alpha value is -1.72. The fourth-order valence-corrected chi connectivity index (χ4v) is 2.15. The number of aliphatic carboxylic acids is 1. The van der Waals surface area contributed by atoms with Gasteiger partial charge in [-0.15, -0.1) is 0 Å². The molecule has 0 amide bonds. The zero-order chi connectivity index (χ0) is 15.8. The molecule has 3 N–H and O–H groups in total. The normalized spacial score (nSPS) is 12.4. The van der Waals surface area contributed by atoms with Gasteiger partial charge in [-0.2, -0.15) is 0 Å². The van der Waals surface area contributed by atoms with Crippen molar-refractivity contribution in [3.8, 4) is 0 Å². The van der Waals surface area contributed by atoms with Crippen molar-refractivity contribution >= 4 is 11.8 Å². The van der Waals surface area contributed by atoms with Crippen molar-refractivity contribution in [3.63, 3.8) is 0 Å². The molecule has 1 unspecified atom stereocenters. The first-order chi connectivity index (χ1) is 9.93. The number of carbonyl (C=O) groups excluding carboxylic acids is 1. The number of carbonyl (C=O) groups is 2. The van der Waals surface area contributed by atoms with E-state index in [2.05, 4.69) is 19.2 Å². The molecule has 5 nitrogen and oxygen atoms in total. The number of hydrogen-bond donors (Lipinski definition) is 3. The molecule has 0 aliphatic heterocycles. The Bertz CT molecular complexity index is 468. The van der Waals surface area contributed by atoms with Gasteiger partial charge in [-0.05, 0) is 17.9 Å². The molecule has 1 aromatic carbocycles. The fraction of sp³-hybridized carbons (Fsp3) is 0.500. The predicted molar refractivity (Wildman–Crippen MR) is 80.4 cm³/mol. The second-order valence-electron chi connectivity index (χ2n) is 5.49. The largest absolute Gasteiger partial charge is 0.481 e. The molecule has 0 saturated carbocycles. The summed E-state index contributed by atoms with van der Waals surface area (Å²) < 4.78 is 0. The lowest BCUT2D eigenvalue weighted by atomic mass is 9.97. The zero-order valence-electron chi connectivity index (χ0n) is 12.5. The van der Waals surface area contributed by atoms with Crippen LogP contribution in [0, 0.1) is 5.92 Å². The minimum Gasteiger partial charge on any atom is -0.481 e. The number of aliphatic hydroxyl groups is 1. The van der Waals surface area contributed by atoms with E-state index in [4.69, 9.17) is 10.2 Å². The second kappa shape index (κ2) is 8.54. The van der Waals surface area contributed by atoms with Gasteiger partial charge >= 0.3 is 5.97 Å². The average molecular weight is 293 g/mol. The number of carboxylic acid groups (broad SMARTS) is 1. The van der Waals surface area contributed by atoms with Crippen LogP contribution in [0.25, 0.3) is 0 Å². The SMILES string of the molecule is CC(C)Cc1ccc(C(=O)C(CC(=O)O)NCCO)cc1. The Morgan fingerprint density at radius 1 is 1.19 bits per heavy atom. The molecule has 1 atom stereocenters. The number of ketones is 1. The van der Waals surface area contributed by atoms with E-state index < -0.39 is 12.0 Å². The van der Waals surface area contributed by atoms with E-state index in [0.29, 0.717) is 11.5 Å². The van der Waals surface area contributed by atoms with E-state index >= 15 is 0 Å². The molecule has 1 aromatic rings. The molecule has 0 fully saturated rings. The molecule has 5 heteroatoms. The molecule has 0 aliphatic rings. The maximum absolute atomic E-state index is 12.3. The molecule has 0 aliphatic carbocycles. The zero-order valence-corrected chi connectivity index (χ0v) is 12.5. The summed E-state index contributed by atoms with van der Waals surface area (Å²) in [5.41, 5.74) is 1.64. The van der Waals surface area contributed by atoms with Crippen molar-refractivity contribution < 1.29 is 19.8 Å². The molecule has 0 saturated heterocycles. The third kappa shape index (κ3) is 6.06. The van der Waals surface area contributed by atoms with Gasteiger partial charge in [0.25, 0.3) is 0 Å². The van der Waals surface area contributed by atoms with Crippen LogP contribution in [0.2, 0.25) is 0 Å². The summed E-state index contributed by atoms with van der Waals surface area (Å²) in [6, 6.07) is 6.45. The van der Waals surface area contributed by atoms with Gasteiger partial charge in [0, 0.05) is 12.1 Å². The van der Waals surface area contributed by atoms with Crippen molar-refractivity contribution in [1.82, 2.24) is 5.32 Å². The van der Waals surface area contributed by atoms with Gasteiger partial charge in [0.15, 0.2) is 5.78 Å². The van der Waals surface area contributed by atoms with E-state index in [1.807, 2.05) is 12.1 Å². The number of nitrogens with one attached hydrogen (secondary N) is 1. The summed E-state index contributed by atoms with van der Waals surface area (Å²) in [7, 11) is 0. The van der Waals surface area contributed by atoms with Gasteiger partial charge in [-0.1, -0.05) is 38.1 Å². The number of benzene rings is 1. The highest BCUT2D eigenvalue weighted by Crippen LogP contribution is 2.12. The molecule has 0 heterocycles. The van der Waals surface area contributed by atoms with E-state index in [1.165, 1.54) is 0 Å². The molecule has 21 heavy (non-hydrogen) atoms. The molecular formula is C16H23NO4. The Balaban J connectivity index is 2.79. The number of Topliss-reactive ketones (excluding diaryl/α,β-unsaturated/α-hetero) is 1. The van der Waals surface area contributed by atoms with Crippen molar-refractivity contribution in [2.45, 2.75) is 32.7 Å². The van der Waals surface area contributed by atoms with E-state index in [9.17, 15) is 9.59 Å². The fourth-order valence-electron chi connectivity index (χ4n) is 2.15. The van der Waals surface area contributed by atoms with Gasteiger partial charge in [0.2, 0.25) is 0 Å². The highest BCUT2D eigenvalue weighted by atomic mass is 16.4. The lowest BCUT2D eigenvalue weighted by Crippen LogP contribution is -2.40. The highest BCUT2D eigenvalue weighted by Gasteiger charge is 2.22. The highest BCUT2D eigenvalue weighted by molar-refractivity contribution is 6.01. The van der Waals surface area contributed by atoms with Crippen LogP contribution in [0.1, 0.15) is 36.2 Å². The van der Waals surface area contributed by atoms with Crippen molar-refractivity contribution in [2.24, 2.45) is 5.92 Å². The lowest BCUT2D eigenvalue weighted by Gasteiger charge is -2.15. The Labute approximate surface area is 125 Å². The molecular weight excluding hydrogens is 270 g/mol. The van der Waals surface area contributed by atoms with E-state index in [-0.39, 0.29) is 25.4 Å². The van der Waals surface area contributed by atoms with Crippen LogP contribution in [-0.4, -0.2) is 41.2 Å². The molecule has 116 valence electrons. The monoisotopic (exact) mass is 293 g/mol. The minimum absolute atomic E-state index is 0.142. The van der Waals surface area contributed by atoms with Gasteiger partial charge in [0.1, 0.15) is 0 Å². The first-order valence-corrected chi connectivity index (χ1v) is 7.13. The summed E-state index contributed by atoms with van der Waals surface area (Å²) in [4.78, 5) is 23.1. The Morgan fingerprint density at radius 3 is 2.29 bits per heavy atom. The third-order valence-electron chi connectivity index (χ3n) is 3.08. The first-order valence-electron chi connectivity index (χ1n) is 7.13. The summed E-state index contributed by atoms with van der Waals surface area (Å²) >= 11 is 0. The molecule has 1 rings (SSSR count). The molecule has 0 bridgehead atoms. The lowest BCUT2D eigenvalue weighted by molar-refractivity contribution is -0.137. The van der Waals surface area contributed by atoms with Gasteiger partial charge in [0.05, 0.1) is 19.1 Å². The van der Waals surface area contributed by atoms with Crippen molar-refractivity contribution in [2.75, 3.05) is 13.2 Å². The van der Waals surface area contributed by atoms with Gasteiger partial charge in [-0.25, -0.2) is 0 Å².